The van der Waals surface area contributed by atoms with E-state index in [2.05, 4.69) is 0 Å². The Balaban J connectivity index is 5.53. The van der Waals surface area contributed by atoms with E-state index in [0.29, 0.717) is 0 Å². The summed E-state index contributed by atoms with van der Waals surface area (Å²) in [7, 11) is 0. The maximum absolute atomic E-state index is 12.1. The molecule has 0 spiro atoms. The first kappa shape index (κ1) is 18.2. The summed E-state index contributed by atoms with van der Waals surface area (Å²) < 4.78 is 5.11. The predicted molar refractivity (Wildman–Crippen MR) is 71.4 cm³/mol. The molecule has 0 aromatic carbocycles. The number of nitrogens with zero attached hydrogens (tertiary/aromatic N) is 1. The van der Waals surface area contributed by atoms with Crippen molar-refractivity contribution >= 4 is 18.0 Å². The SMILES string of the molecule is CC(C)[C@@H](C(=O)O)N(C(=O)OC(C)(C)C)[C@@H](C)C(=O)O. The van der Waals surface area contributed by atoms with Gasteiger partial charge in [0, 0.05) is 0 Å². The number of hydrogen-bond acceptors (Lipinski definition) is 4. The third-order valence-electron chi connectivity index (χ3n) is 2.56. The number of amides is 1. The van der Waals surface area contributed by atoms with Crippen molar-refractivity contribution in [3.05, 3.63) is 0 Å². The second kappa shape index (κ2) is 6.58. The van der Waals surface area contributed by atoms with Crippen LogP contribution in [0, 0.1) is 5.92 Å². The third kappa shape index (κ3) is 5.07. The van der Waals surface area contributed by atoms with Gasteiger partial charge >= 0.3 is 18.0 Å². The molecule has 0 aliphatic heterocycles. The summed E-state index contributed by atoms with van der Waals surface area (Å²) in [6, 6.07) is -2.57. The minimum Gasteiger partial charge on any atom is -0.480 e. The van der Waals surface area contributed by atoms with Gasteiger partial charge in [0.25, 0.3) is 0 Å². The van der Waals surface area contributed by atoms with Crippen LogP contribution >= 0.6 is 0 Å². The van der Waals surface area contributed by atoms with Gasteiger partial charge in [-0.05, 0) is 33.6 Å². The van der Waals surface area contributed by atoms with Crippen LogP contribution in [0.3, 0.4) is 0 Å². The summed E-state index contributed by atoms with van der Waals surface area (Å²) in [4.78, 5) is 35.4. The number of rotatable bonds is 5. The molecule has 0 saturated heterocycles. The number of carboxylic acid groups (broad SMARTS) is 2. The fraction of sp³-hybridized carbons (Fsp3) is 0.769. The number of aliphatic carboxylic acids is 2. The lowest BCUT2D eigenvalue weighted by Gasteiger charge is -2.35. The number of ether oxygens (including phenoxy) is 1. The molecule has 2 atom stereocenters. The van der Waals surface area contributed by atoms with E-state index in [0.717, 1.165) is 4.90 Å². The molecule has 1 amide bonds. The highest BCUT2D eigenvalue weighted by Crippen LogP contribution is 2.19. The summed E-state index contributed by atoms with van der Waals surface area (Å²) in [5.41, 5.74) is -0.840. The predicted octanol–water partition coefficient (Wildman–Crippen LogP) is 1.81. The third-order valence-corrected chi connectivity index (χ3v) is 2.56. The number of carbonyl (C=O) groups is 3. The van der Waals surface area contributed by atoms with E-state index in [4.69, 9.17) is 9.84 Å². The maximum Gasteiger partial charge on any atom is 0.411 e. The molecule has 0 radical (unpaired) electrons. The molecule has 0 aromatic rings. The molecule has 0 aliphatic carbocycles. The van der Waals surface area contributed by atoms with Crippen molar-refractivity contribution in [2.24, 2.45) is 5.92 Å². The Morgan fingerprint density at radius 2 is 1.45 bits per heavy atom. The smallest absolute Gasteiger partial charge is 0.411 e. The first-order valence-electron chi connectivity index (χ1n) is 6.35. The largest absolute Gasteiger partial charge is 0.480 e. The molecule has 7 nitrogen and oxygen atoms in total. The van der Waals surface area contributed by atoms with Crippen molar-refractivity contribution in [1.29, 1.82) is 0 Å². The summed E-state index contributed by atoms with van der Waals surface area (Å²) in [5, 5.41) is 18.3. The van der Waals surface area contributed by atoms with Crippen molar-refractivity contribution in [2.75, 3.05) is 0 Å². The number of carboxylic acids is 2. The Morgan fingerprint density at radius 1 is 1.00 bits per heavy atom. The van der Waals surface area contributed by atoms with Crippen LogP contribution in [0.5, 0.6) is 0 Å². The normalized spacial score (nSPS) is 14.6. The quantitative estimate of drug-likeness (QED) is 0.799. The lowest BCUT2D eigenvalue weighted by atomic mass is 10.0. The zero-order valence-electron chi connectivity index (χ0n) is 12.7. The number of carbonyl (C=O) groups excluding carboxylic acids is 1. The first-order valence-corrected chi connectivity index (χ1v) is 6.35. The molecule has 0 rings (SSSR count). The topological polar surface area (TPSA) is 104 Å². The molecule has 7 heteroatoms. The van der Waals surface area contributed by atoms with Crippen LogP contribution in [0.4, 0.5) is 4.79 Å². The van der Waals surface area contributed by atoms with E-state index in [-0.39, 0.29) is 0 Å². The van der Waals surface area contributed by atoms with E-state index in [1.807, 2.05) is 0 Å². The molecule has 0 heterocycles. The summed E-state index contributed by atoms with van der Waals surface area (Å²) in [6.45, 7) is 9.33. The molecule has 2 N–H and O–H groups in total. The summed E-state index contributed by atoms with van der Waals surface area (Å²) >= 11 is 0. The van der Waals surface area contributed by atoms with Crippen LogP contribution in [0.2, 0.25) is 0 Å². The van der Waals surface area contributed by atoms with Gasteiger partial charge in [-0.3, -0.25) is 4.90 Å². The highest BCUT2D eigenvalue weighted by molar-refractivity contribution is 5.85. The van der Waals surface area contributed by atoms with Gasteiger partial charge < -0.3 is 14.9 Å². The van der Waals surface area contributed by atoms with Crippen molar-refractivity contribution in [3.8, 4) is 0 Å². The van der Waals surface area contributed by atoms with Crippen LogP contribution in [-0.4, -0.2) is 50.8 Å². The maximum atomic E-state index is 12.1. The molecule has 116 valence electrons. The average Bonchev–Trinajstić information content (AvgIpc) is 2.20. The standard InChI is InChI=1S/C13H23NO6/c1-7(2)9(11(17)18)14(8(3)10(15)16)12(19)20-13(4,5)6/h7-9H,1-6H3,(H,15,16)(H,17,18)/t8-,9-/m0/s1. The van der Waals surface area contributed by atoms with Gasteiger partial charge in [-0.15, -0.1) is 0 Å². The fourth-order valence-electron chi connectivity index (χ4n) is 1.67. The van der Waals surface area contributed by atoms with Crippen molar-refractivity contribution < 1.29 is 29.3 Å². The van der Waals surface area contributed by atoms with Crippen molar-refractivity contribution in [3.63, 3.8) is 0 Å². The Morgan fingerprint density at radius 3 is 1.70 bits per heavy atom. The molecular weight excluding hydrogens is 266 g/mol. The summed E-state index contributed by atoms with van der Waals surface area (Å²) in [5.74, 6) is -3.01. The summed E-state index contributed by atoms with van der Waals surface area (Å²) in [6.07, 6.45) is -0.950. The van der Waals surface area contributed by atoms with Gasteiger partial charge in [-0.25, -0.2) is 14.4 Å². The van der Waals surface area contributed by atoms with Crippen LogP contribution in [0.15, 0.2) is 0 Å². The molecule has 0 unspecified atom stereocenters. The Kier molecular flexibility index (Phi) is 5.99. The second-order valence-electron chi connectivity index (χ2n) is 5.93. The minimum atomic E-state index is -1.30. The monoisotopic (exact) mass is 289 g/mol. The first-order chi connectivity index (χ1) is 8.88. The van der Waals surface area contributed by atoms with Gasteiger partial charge in [-0.1, -0.05) is 13.8 Å². The average molecular weight is 289 g/mol. The molecule has 0 aromatic heterocycles. The van der Waals surface area contributed by atoms with Gasteiger partial charge in [0.2, 0.25) is 0 Å². The van der Waals surface area contributed by atoms with Crippen LogP contribution in [0.1, 0.15) is 41.5 Å². The van der Waals surface area contributed by atoms with E-state index in [9.17, 15) is 19.5 Å². The zero-order valence-corrected chi connectivity index (χ0v) is 12.7. The van der Waals surface area contributed by atoms with Crippen LogP contribution in [0.25, 0.3) is 0 Å². The zero-order chi connectivity index (χ0) is 16.2. The van der Waals surface area contributed by atoms with Gasteiger partial charge in [0.15, 0.2) is 0 Å². The Bertz CT molecular complexity index is 385. The molecule has 0 fully saturated rings. The van der Waals surface area contributed by atoms with Gasteiger partial charge in [0.1, 0.15) is 17.7 Å². The fourth-order valence-corrected chi connectivity index (χ4v) is 1.67. The Labute approximate surface area is 118 Å². The number of hydrogen-bond donors (Lipinski definition) is 2. The molecule has 20 heavy (non-hydrogen) atoms. The van der Waals surface area contributed by atoms with E-state index in [1.54, 1.807) is 34.6 Å². The Hall–Kier alpha value is -1.79. The van der Waals surface area contributed by atoms with E-state index in [1.165, 1.54) is 6.92 Å². The molecular formula is C13H23NO6. The van der Waals surface area contributed by atoms with Gasteiger partial charge in [0.05, 0.1) is 0 Å². The van der Waals surface area contributed by atoms with E-state index >= 15 is 0 Å². The highest BCUT2D eigenvalue weighted by atomic mass is 16.6. The molecule has 0 saturated carbocycles. The van der Waals surface area contributed by atoms with Crippen molar-refractivity contribution in [2.45, 2.75) is 59.2 Å². The van der Waals surface area contributed by atoms with E-state index < -0.39 is 41.6 Å². The minimum absolute atomic E-state index is 0.457. The van der Waals surface area contributed by atoms with Crippen molar-refractivity contribution in [1.82, 2.24) is 4.90 Å². The second-order valence-corrected chi connectivity index (χ2v) is 5.93. The highest BCUT2D eigenvalue weighted by Gasteiger charge is 2.40. The molecule has 0 bridgehead atoms. The lowest BCUT2D eigenvalue weighted by molar-refractivity contribution is -0.151. The van der Waals surface area contributed by atoms with Crippen LogP contribution < -0.4 is 0 Å². The van der Waals surface area contributed by atoms with Crippen LogP contribution in [-0.2, 0) is 14.3 Å². The lowest BCUT2D eigenvalue weighted by Crippen LogP contribution is -2.55. The molecule has 0 aliphatic rings. The van der Waals surface area contributed by atoms with Gasteiger partial charge in [-0.2, -0.15) is 0 Å².